The Hall–Kier alpha value is -1.19. The third kappa shape index (κ3) is 4.44. The van der Waals surface area contributed by atoms with Gasteiger partial charge in [-0.1, -0.05) is 0 Å². The van der Waals surface area contributed by atoms with Crippen LogP contribution in [0.3, 0.4) is 0 Å². The zero-order chi connectivity index (χ0) is 14.7. The van der Waals surface area contributed by atoms with Crippen LogP contribution in [-0.4, -0.2) is 58.8 Å². The van der Waals surface area contributed by atoms with Crippen LogP contribution in [0, 0.1) is 0 Å². The molecular formula is C10H17N3O4S2. The summed E-state index contributed by atoms with van der Waals surface area (Å²) >= 11 is 0. The van der Waals surface area contributed by atoms with Crippen LogP contribution in [0.25, 0.3) is 0 Å². The predicted octanol–water partition coefficient (Wildman–Crippen LogP) is -0.212. The molecule has 0 amide bonds. The Morgan fingerprint density at radius 2 is 1.95 bits per heavy atom. The Morgan fingerprint density at radius 3 is 2.47 bits per heavy atom. The molecule has 9 heteroatoms. The average molecular weight is 307 g/mol. The molecule has 0 unspecified atom stereocenters. The van der Waals surface area contributed by atoms with Crippen molar-refractivity contribution in [2.75, 3.05) is 38.0 Å². The van der Waals surface area contributed by atoms with Crippen molar-refractivity contribution in [3.63, 3.8) is 0 Å². The van der Waals surface area contributed by atoms with E-state index in [4.69, 9.17) is 0 Å². The van der Waals surface area contributed by atoms with Crippen LogP contribution in [0.4, 0.5) is 5.82 Å². The number of sulfone groups is 1. The summed E-state index contributed by atoms with van der Waals surface area (Å²) in [6.07, 6.45) is 2.45. The number of rotatable bonds is 6. The van der Waals surface area contributed by atoms with Crippen molar-refractivity contribution in [3.8, 4) is 0 Å². The highest BCUT2D eigenvalue weighted by Gasteiger charge is 2.22. The highest BCUT2D eigenvalue weighted by Crippen LogP contribution is 2.16. The first-order valence-corrected chi connectivity index (χ1v) is 8.95. The molecular weight excluding hydrogens is 290 g/mol. The van der Waals surface area contributed by atoms with Gasteiger partial charge in [0.1, 0.15) is 15.7 Å². The maximum Gasteiger partial charge on any atom is 0.243 e. The van der Waals surface area contributed by atoms with Crippen molar-refractivity contribution >= 4 is 25.7 Å². The highest BCUT2D eigenvalue weighted by atomic mass is 32.2. The normalized spacial score (nSPS) is 12.6. The standard InChI is InChI=1S/C10H17N3O4S2/c1-11-10-8-9(4-5-12-10)19(16,17)13(2)6-7-18(3,14)15/h4-5,8H,6-7H2,1-3H3,(H,11,12). The van der Waals surface area contributed by atoms with Crippen molar-refractivity contribution in [2.45, 2.75) is 4.90 Å². The van der Waals surface area contributed by atoms with Crippen molar-refractivity contribution in [1.29, 1.82) is 0 Å². The topological polar surface area (TPSA) is 96.4 Å². The number of hydrogen-bond donors (Lipinski definition) is 1. The van der Waals surface area contributed by atoms with Crippen LogP contribution in [0.15, 0.2) is 23.2 Å². The van der Waals surface area contributed by atoms with Gasteiger partial charge in [-0.05, 0) is 6.07 Å². The molecule has 1 rings (SSSR count). The summed E-state index contributed by atoms with van der Waals surface area (Å²) in [6, 6.07) is 2.76. The second-order valence-electron chi connectivity index (χ2n) is 4.08. The lowest BCUT2D eigenvalue weighted by Crippen LogP contribution is -2.31. The Balaban J connectivity index is 2.96. The van der Waals surface area contributed by atoms with Gasteiger partial charge in [-0.25, -0.2) is 21.8 Å². The van der Waals surface area contributed by atoms with Gasteiger partial charge in [0.2, 0.25) is 10.0 Å². The smallest absolute Gasteiger partial charge is 0.243 e. The second kappa shape index (κ2) is 5.85. The Morgan fingerprint density at radius 1 is 1.32 bits per heavy atom. The van der Waals surface area contributed by atoms with Crippen LogP contribution in [-0.2, 0) is 19.9 Å². The van der Waals surface area contributed by atoms with E-state index in [1.807, 2.05) is 0 Å². The fraction of sp³-hybridized carbons (Fsp3) is 0.500. The molecule has 1 N–H and O–H groups in total. The average Bonchev–Trinajstić information content (AvgIpc) is 2.35. The molecule has 0 saturated heterocycles. The molecule has 0 atom stereocenters. The molecule has 0 saturated carbocycles. The molecule has 1 heterocycles. The number of sulfonamides is 1. The van der Waals surface area contributed by atoms with E-state index >= 15 is 0 Å². The third-order valence-electron chi connectivity index (χ3n) is 2.47. The molecule has 0 aliphatic carbocycles. The lowest BCUT2D eigenvalue weighted by Gasteiger charge is -2.16. The molecule has 0 fully saturated rings. The van der Waals surface area contributed by atoms with Gasteiger partial charge in [-0.2, -0.15) is 4.31 Å². The van der Waals surface area contributed by atoms with E-state index in [0.717, 1.165) is 10.6 Å². The van der Waals surface area contributed by atoms with Crippen LogP contribution < -0.4 is 5.32 Å². The van der Waals surface area contributed by atoms with E-state index in [-0.39, 0.29) is 17.2 Å². The summed E-state index contributed by atoms with van der Waals surface area (Å²) in [4.78, 5) is 4.00. The fourth-order valence-electron chi connectivity index (χ4n) is 1.30. The molecule has 108 valence electrons. The van der Waals surface area contributed by atoms with E-state index in [9.17, 15) is 16.8 Å². The number of pyridine rings is 1. The zero-order valence-electron chi connectivity index (χ0n) is 11.0. The lowest BCUT2D eigenvalue weighted by molar-refractivity contribution is 0.484. The maximum absolute atomic E-state index is 12.2. The molecule has 0 radical (unpaired) electrons. The Kier molecular flexibility index (Phi) is 4.88. The van der Waals surface area contributed by atoms with Gasteiger partial charge in [-0.3, -0.25) is 0 Å². The number of nitrogens with one attached hydrogen (secondary N) is 1. The van der Waals surface area contributed by atoms with E-state index in [0.29, 0.717) is 5.82 Å². The predicted molar refractivity (Wildman–Crippen MR) is 73.3 cm³/mol. The van der Waals surface area contributed by atoms with E-state index in [1.165, 1.54) is 25.4 Å². The largest absolute Gasteiger partial charge is 0.373 e. The van der Waals surface area contributed by atoms with Crippen LogP contribution in [0.5, 0.6) is 0 Å². The molecule has 19 heavy (non-hydrogen) atoms. The summed E-state index contributed by atoms with van der Waals surface area (Å²) in [7, 11) is -3.93. The number of nitrogens with zero attached hydrogens (tertiary/aromatic N) is 2. The molecule has 0 aliphatic heterocycles. The molecule has 7 nitrogen and oxygen atoms in total. The van der Waals surface area contributed by atoms with Crippen molar-refractivity contribution in [3.05, 3.63) is 18.3 Å². The quantitative estimate of drug-likeness (QED) is 0.781. The van der Waals surface area contributed by atoms with Gasteiger partial charge in [-0.15, -0.1) is 0 Å². The van der Waals surface area contributed by atoms with Gasteiger partial charge in [0.25, 0.3) is 0 Å². The highest BCUT2D eigenvalue weighted by molar-refractivity contribution is 7.91. The summed E-state index contributed by atoms with van der Waals surface area (Å²) in [6.45, 7) is -0.0849. The van der Waals surface area contributed by atoms with Crippen molar-refractivity contribution < 1.29 is 16.8 Å². The maximum atomic E-state index is 12.2. The fourth-order valence-corrected chi connectivity index (χ4v) is 3.21. The van der Waals surface area contributed by atoms with Gasteiger partial charge >= 0.3 is 0 Å². The molecule has 1 aromatic heterocycles. The number of hydrogen-bond acceptors (Lipinski definition) is 6. The first kappa shape index (κ1) is 15.9. The van der Waals surface area contributed by atoms with Crippen molar-refractivity contribution in [1.82, 2.24) is 9.29 Å². The van der Waals surface area contributed by atoms with Gasteiger partial charge < -0.3 is 5.32 Å². The van der Waals surface area contributed by atoms with Crippen LogP contribution in [0.2, 0.25) is 0 Å². The summed E-state index contributed by atoms with van der Waals surface area (Å²) in [5.41, 5.74) is 0. The van der Waals surface area contributed by atoms with E-state index < -0.39 is 19.9 Å². The molecule has 1 aromatic rings. The molecule has 0 spiro atoms. The summed E-state index contributed by atoms with van der Waals surface area (Å²) in [5.74, 6) is 0.213. The minimum Gasteiger partial charge on any atom is -0.373 e. The Bertz CT molecular complexity index is 640. The minimum absolute atomic E-state index is 0.0721. The van der Waals surface area contributed by atoms with Gasteiger partial charge in [0.15, 0.2) is 0 Å². The second-order valence-corrected chi connectivity index (χ2v) is 8.39. The molecule has 0 aromatic carbocycles. The number of aromatic nitrogens is 1. The number of anilines is 1. The Labute approximate surface area is 113 Å². The van der Waals surface area contributed by atoms with Crippen LogP contribution in [0.1, 0.15) is 0 Å². The van der Waals surface area contributed by atoms with Crippen molar-refractivity contribution in [2.24, 2.45) is 0 Å². The molecule has 0 aliphatic rings. The SMILES string of the molecule is CNc1cc(S(=O)(=O)N(C)CCS(C)(=O)=O)ccn1. The van der Waals surface area contributed by atoms with E-state index in [2.05, 4.69) is 10.3 Å². The first-order valence-electron chi connectivity index (χ1n) is 5.44. The van der Waals surface area contributed by atoms with Crippen LogP contribution >= 0.6 is 0 Å². The first-order chi connectivity index (χ1) is 8.66. The van der Waals surface area contributed by atoms with Gasteiger partial charge in [0, 0.05) is 39.2 Å². The molecule has 0 bridgehead atoms. The monoisotopic (exact) mass is 307 g/mol. The third-order valence-corrected chi connectivity index (χ3v) is 5.25. The summed E-state index contributed by atoms with van der Waals surface area (Å²) < 4.78 is 47.5. The lowest BCUT2D eigenvalue weighted by atomic mass is 10.5. The van der Waals surface area contributed by atoms with E-state index in [1.54, 1.807) is 7.05 Å². The zero-order valence-corrected chi connectivity index (χ0v) is 12.6. The summed E-state index contributed by atoms with van der Waals surface area (Å²) in [5, 5.41) is 2.74. The minimum atomic E-state index is -3.71. The van der Waals surface area contributed by atoms with Gasteiger partial charge in [0.05, 0.1) is 10.6 Å².